The van der Waals surface area contributed by atoms with Crippen LogP contribution in [0.1, 0.15) is 32.3 Å². The average Bonchev–Trinajstić information content (AvgIpc) is 3.45. The molecule has 1 aliphatic rings. The topological polar surface area (TPSA) is 175 Å². The number of carbonyl (C=O) groups excluding carboxylic acids is 2. The minimum Gasteiger partial charge on any atom is -0.444 e. The van der Waals surface area contributed by atoms with Gasteiger partial charge in [-0.25, -0.2) is 18.0 Å². The maximum Gasteiger partial charge on any atom is 0.407 e. The van der Waals surface area contributed by atoms with Crippen LogP contribution >= 0.6 is 0 Å². The van der Waals surface area contributed by atoms with E-state index in [2.05, 4.69) is 10.6 Å². The van der Waals surface area contributed by atoms with E-state index in [4.69, 9.17) is 25.7 Å². The summed E-state index contributed by atoms with van der Waals surface area (Å²) in [4.78, 5) is 26.0. The first-order valence-corrected chi connectivity index (χ1v) is 15.6. The van der Waals surface area contributed by atoms with Gasteiger partial charge in [-0.3, -0.25) is 0 Å². The molecule has 42 heavy (non-hydrogen) atoms. The van der Waals surface area contributed by atoms with E-state index < -0.39 is 40.5 Å². The number of rotatable bonds is 15. The Morgan fingerprint density at radius 2 is 1.79 bits per heavy atom. The van der Waals surface area contributed by atoms with E-state index in [1.54, 1.807) is 0 Å². The second-order valence-electron chi connectivity index (χ2n) is 10.6. The first-order valence-electron chi connectivity index (χ1n) is 14.2. The lowest BCUT2D eigenvalue weighted by molar-refractivity contribution is 0.0479. The van der Waals surface area contributed by atoms with Gasteiger partial charge in [0.1, 0.15) is 12.2 Å². The highest BCUT2D eigenvalue weighted by Crippen LogP contribution is 2.22. The molecule has 1 fully saturated rings. The Bertz CT molecular complexity index is 1220. The molecule has 2 aromatic rings. The molecule has 232 valence electrons. The van der Waals surface area contributed by atoms with Gasteiger partial charge in [-0.05, 0) is 55.1 Å². The minimum atomic E-state index is -4.03. The predicted molar refractivity (Wildman–Crippen MR) is 159 cm³/mol. The van der Waals surface area contributed by atoms with Crippen LogP contribution in [0.2, 0.25) is 0 Å². The molecule has 2 aromatic carbocycles. The van der Waals surface area contributed by atoms with Crippen LogP contribution in [0.5, 0.6) is 0 Å². The van der Waals surface area contributed by atoms with Gasteiger partial charge < -0.3 is 36.3 Å². The number of amides is 2. The summed E-state index contributed by atoms with van der Waals surface area (Å²) in [5.41, 5.74) is 12.6. The number of nitrogen functional groups attached to an aromatic ring is 1. The summed E-state index contributed by atoms with van der Waals surface area (Å²) in [6.07, 6.45) is -1.59. The molecule has 0 bridgehead atoms. The van der Waals surface area contributed by atoms with Gasteiger partial charge in [-0.15, -0.1) is 0 Å². The summed E-state index contributed by atoms with van der Waals surface area (Å²) in [7, 11) is -4.03. The van der Waals surface area contributed by atoms with Crippen LogP contribution in [0.25, 0.3) is 0 Å². The Morgan fingerprint density at radius 3 is 2.40 bits per heavy atom. The van der Waals surface area contributed by atoms with Crippen LogP contribution in [0.4, 0.5) is 15.3 Å². The lowest BCUT2D eigenvalue weighted by Crippen LogP contribution is -2.54. The van der Waals surface area contributed by atoms with Gasteiger partial charge in [0.05, 0.1) is 30.7 Å². The molecule has 1 aliphatic heterocycles. The lowest BCUT2D eigenvalue weighted by Gasteiger charge is -2.33. The first-order chi connectivity index (χ1) is 20.1. The molecule has 0 saturated carbocycles. The number of hydrogen-bond donors (Lipinski definition) is 4. The van der Waals surface area contributed by atoms with Crippen molar-refractivity contribution in [3.05, 3.63) is 60.2 Å². The summed E-state index contributed by atoms with van der Waals surface area (Å²) < 4.78 is 45.6. The van der Waals surface area contributed by atoms with Crippen molar-refractivity contribution < 1.29 is 32.2 Å². The number of hydrogen-bond acceptors (Lipinski definition) is 9. The van der Waals surface area contributed by atoms with Crippen molar-refractivity contribution >= 4 is 27.9 Å². The number of carbonyl (C=O) groups is 2. The number of sulfonamides is 1. The Kier molecular flexibility index (Phi) is 12.9. The van der Waals surface area contributed by atoms with E-state index in [0.29, 0.717) is 38.3 Å². The number of anilines is 1. The third-order valence-corrected chi connectivity index (χ3v) is 8.44. The molecule has 3 rings (SSSR count). The highest BCUT2D eigenvalue weighted by atomic mass is 32.2. The molecule has 0 unspecified atom stereocenters. The zero-order valence-corrected chi connectivity index (χ0v) is 25.1. The molecular formula is C29H43N5O7S. The largest absolute Gasteiger partial charge is 0.444 e. The van der Waals surface area contributed by atoms with Gasteiger partial charge in [-0.2, -0.15) is 4.31 Å². The molecule has 6 N–H and O–H groups in total. The third-order valence-electron chi connectivity index (χ3n) is 6.59. The molecule has 1 saturated heterocycles. The molecule has 13 heteroatoms. The van der Waals surface area contributed by atoms with Crippen LogP contribution < -0.4 is 22.1 Å². The second-order valence-corrected chi connectivity index (χ2v) is 12.6. The SMILES string of the molecule is CC(C)CN(C[C@@H](OC(=O)NCCCN)[C@H](Cc1ccccc1)NC(=O)O[C@H]1CCOC1)S(=O)(=O)c1ccc(N)cc1. The second kappa shape index (κ2) is 16.3. The van der Waals surface area contributed by atoms with Crippen molar-refractivity contribution in [2.45, 2.75) is 56.3 Å². The summed E-state index contributed by atoms with van der Waals surface area (Å²) in [5, 5.41) is 5.49. The summed E-state index contributed by atoms with van der Waals surface area (Å²) in [6, 6.07) is 14.4. The van der Waals surface area contributed by atoms with Crippen LogP contribution in [-0.4, -0.2) is 82.6 Å². The van der Waals surface area contributed by atoms with Gasteiger partial charge in [0.25, 0.3) is 0 Å². The normalized spacial score (nSPS) is 16.6. The fraction of sp³-hybridized carbons (Fsp3) is 0.517. The molecule has 0 spiro atoms. The highest BCUT2D eigenvalue weighted by Gasteiger charge is 2.35. The standard InChI is InChI=1S/C29H43N5O7S/c1-21(2)18-34(42(37,38)25-11-9-23(31)10-12-25)19-27(41-28(35)32-15-6-14-30)26(17-22-7-4-3-5-8-22)33-29(36)40-24-13-16-39-20-24/h3-5,7-12,21,24,26-27H,6,13-20,30-31H2,1-2H3,(H,32,35)(H,33,36)/t24-,26-,27+/m0/s1. The molecule has 1 heterocycles. The smallest absolute Gasteiger partial charge is 0.407 e. The summed E-state index contributed by atoms with van der Waals surface area (Å²) in [5.74, 6) is -0.0551. The molecule has 0 radical (unpaired) electrons. The zero-order valence-electron chi connectivity index (χ0n) is 24.2. The number of nitrogens with zero attached hydrogens (tertiary/aromatic N) is 1. The average molecular weight is 606 g/mol. The number of ether oxygens (including phenoxy) is 3. The molecule has 3 atom stereocenters. The number of benzene rings is 2. The highest BCUT2D eigenvalue weighted by molar-refractivity contribution is 7.89. The number of nitrogens with one attached hydrogen (secondary N) is 2. The van der Waals surface area contributed by atoms with Gasteiger partial charge >= 0.3 is 12.2 Å². The van der Waals surface area contributed by atoms with Crippen molar-refractivity contribution in [2.75, 3.05) is 45.1 Å². The Balaban J connectivity index is 1.95. The molecular weight excluding hydrogens is 562 g/mol. The van der Waals surface area contributed by atoms with Gasteiger partial charge in [-0.1, -0.05) is 44.2 Å². The maximum absolute atomic E-state index is 13.8. The Morgan fingerprint density at radius 1 is 1.07 bits per heavy atom. The third kappa shape index (κ3) is 10.5. The zero-order chi connectivity index (χ0) is 30.5. The number of alkyl carbamates (subject to hydrolysis) is 2. The summed E-state index contributed by atoms with van der Waals surface area (Å²) >= 11 is 0. The van der Waals surface area contributed by atoms with Gasteiger partial charge in [0.15, 0.2) is 0 Å². The molecule has 0 aliphatic carbocycles. The Hall–Kier alpha value is -3.39. The van der Waals surface area contributed by atoms with E-state index in [-0.39, 0.29) is 36.9 Å². The lowest BCUT2D eigenvalue weighted by atomic mass is 10.0. The van der Waals surface area contributed by atoms with Crippen LogP contribution in [-0.2, 0) is 30.7 Å². The van der Waals surface area contributed by atoms with Crippen molar-refractivity contribution in [3.8, 4) is 0 Å². The van der Waals surface area contributed by atoms with Crippen LogP contribution in [0.3, 0.4) is 0 Å². The summed E-state index contributed by atoms with van der Waals surface area (Å²) in [6.45, 7) is 5.14. The van der Waals surface area contributed by atoms with E-state index in [1.807, 2.05) is 44.2 Å². The first kappa shape index (κ1) is 33.1. The van der Waals surface area contributed by atoms with Crippen LogP contribution in [0.15, 0.2) is 59.5 Å². The minimum absolute atomic E-state index is 0.0525. The monoisotopic (exact) mass is 605 g/mol. The fourth-order valence-corrected chi connectivity index (χ4v) is 6.09. The van der Waals surface area contributed by atoms with E-state index in [9.17, 15) is 18.0 Å². The van der Waals surface area contributed by atoms with E-state index >= 15 is 0 Å². The van der Waals surface area contributed by atoms with Gasteiger partial charge in [0.2, 0.25) is 10.0 Å². The maximum atomic E-state index is 13.8. The predicted octanol–water partition coefficient (Wildman–Crippen LogP) is 2.49. The molecule has 12 nitrogen and oxygen atoms in total. The van der Waals surface area contributed by atoms with E-state index in [0.717, 1.165) is 5.56 Å². The molecule has 0 aromatic heterocycles. The van der Waals surface area contributed by atoms with E-state index in [1.165, 1.54) is 28.6 Å². The van der Waals surface area contributed by atoms with Crippen molar-refractivity contribution in [2.24, 2.45) is 11.7 Å². The van der Waals surface area contributed by atoms with Crippen LogP contribution in [0, 0.1) is 5.92 Å². The Labute approximate surface area is 248 Å². The molecule has 2 amide bonds. The quantitative estimate of drug-likeness (QED) is 0.176. The van der Waals surface area contributed by atoms with Crippen molar-refractivity contribution in [1.82, 2.24) is 14.9 Å². The van der Waals surface area contributed by atoms with Gasteiger partial charge in [0, 0.05) is 25.2 Å². The number of nitrogens with two attached hydrogens (primary N) is 2. The fourth-order valence-electron chi connectivity index (χ4n) is 4.47. The van der Waals surface area contributed by atoms with Crippen molar-refractivity contribution in [1.29, 1.82) is 0 Å². The van der Waals surface area contributed by atoms with Crippen molar-refractivity contribution in [3.63, 3.8) is 0 Å².